The lowest BCUT2D eigenvalue weighted by atomic mass is 9.75. The molecule has 10 aromatic rings. The van der Waals surface area contributed by atoms with Gasteiger partial charge in [-0.2, -0.15) is 0 Å². The minimum absolute atomic E-state index is 0.0165. The topological polar surface area (TPSA) is 3.24 Å². The number of hydrogen-bond donors (Lipinski definition) is 0. The largest absolute Gasteiger partial charge is 0.333 e. The van der Waals surface area contributed by atoms with E-state index in [0.717, 1.165) is 5.69 Å². The van der Waals surface area contributed by atoms with Crippen LogP contribution in [-0.2, 0) is 0 Å². The molecule has 1 aromatic heterocycles. The van der Waals surface area contributed by atoms with Gasteiger partial charge in [-0.1, -0.05) is 224 Å². The van der Waals surface area contributed by atoms with Crippen LogP contribution in [0, 0.1) is 0 Å². The summed E-state index contributed by atoms with van der Waals surface area (Å²) in [7, 11) is 0. The number of rotatable bonds is 9. The SMILES string of the molecule is C1=CC(N(c2ccc(-c3ccc(-c4ccccc4)cc3)cc2)c2ccccc2-c2cccc3c2sc2ccccc23)C(c2ccccc2-c2ccccc2)C(c2ccccc2)=C1. The number of benzene rings is 9. The van der Waals surface area contributed by atoms with Crippen LogP contribution in [0.5, 0.6) is 0 Å². The Kier molecular flexibility index (Phi) is 9.97. The van der Waals surface area contributed by atoms with Gasteiger partial charge in [0.25, 0.3) is 0 Å². The van der Waals surface area contributed by atoms with Crippen molar-refractivity contribution in [3.05, 3.63) is 260 Å². The molecule has 1 heterocycles. The monoisotopic (exact) mass is 809 g/mol. The van der Waals surface area contributed by atoms with Crippen molar-refractivity contribution in [3.8, 4) is 44.5 Å². The molecule has 0 amide bonds. The second-order valence-electron chi connectivity index (χ2n) is 16.0. The molecule has 294 valence electrons. The maximum absolute atomic E-state index is 2.61. The van der Waals surface area contributed by atoms with Crippen molar-refractivity contribution < 1.29 is 0 Å². The van der Waals surface area contributed by atoms with E-state index in [1.54, 1.807) is 0 Å². The van der Waals surface area contributed by atoms with Gasteiger partial charge < -0.3 is 4.90 Å². The van der Waals surface area contributed by atoms with Crippen molar-refractivity contribution >= 4 is 48.5 Å². The summed E-state index contributed by atoms with van der Waals surface area (Å²) in [4.78, 5) is 2.61. The first-order valence-electron chi connectivity index (χ1n) is 21.4. The van der Waals surface area contributed by atoms with Gasteiger partial charge in [0.2, 0.25) is 0 Å². The molecule has 0 fully saturated rings. The number of fused-ring (bicyclic) bond motifs is 3. The molecule has 0 saturated carbocycles. The van der Waals surface area contributed by atoms with Crippen LogP contribution in [0.4, 0.5) is 11.4 Å². The van der Waals surface area contributed by atoms with Gasteiger partial charge in [-0.3, -0.25) is 0 Å². The minimum atomic E-state index is -0.0844. The first-order valence-corrected chi connectivity index (χ1v) is 22.2. The fraction of sp³-hybridized carbons (Fsp3) is 0.0333. The Hall–Kier alpha value is -7.52. The lowest BCUT2D eigenvalue weighted by Crippen LogP contribution is -2.37. The first-order chi connectivity index (χ1) is 30.8. The van der Waals surface area contributed by atoms with Gasteiger partial charge in [-0.25, -0.2) is 0 Å². The highest BCUT2D eigenvalue weighted by molar-refractivity contribution is 7.26. The fourth-order valence-electron chi connectivity index (χ4n) is 9.46. The van der Waals surface area contributed by atoms with Gasteiger partial charge in [0, 0.05) is 48.6 Å². The zero-order valence-corrected chi connectivity index (χ0v) is 35.0. The molecule has 0 aliphatic heterocycles. The molecule has 2 unspecified atom stereocenters. The Morgan fingerprint density at radius 1 is 0.371 bits per heavy atom. The lowest BCUT2D eigenvalue weighted by Gasteiger charge is -2.41. The summed E-state index contributed by atoms with van der Waals surface area (Å²) < 4.78 is 2.62. The minimum Gasteiger partial charge on any atom is -0.333 e. The quantitative estimate of drug-likeness (QED) is 0.140. The Balaban J connectivity index is 1.11. The summed E-state index contributed by atoms with van der Waals surface area (Å²) in [6.45, 7) is 0. The predicted molar refractivity (Wildman–Crippen MR) is 266 cm³/mol. The maximum atomic E-state index is 2.61. The van der Waals surface area contributed by atoms with Gasteiger partial charge in [0.05, 0.1) is 6.04 Å². The molecule has 9 aromatic carbocycles. The third kappa shape index (κ3) is 6.95. The lowest BCUT2D eigenvalue weighted by molar-refractivity contribution is 0.705. The van der Waals surface area contributed by atoms with E-state index in [1.165, 1.54) is 87.1 Å². The van der Waals surface area contributed by atoms with Crippen molar-refractivity contribution in [1.82, 2.24) is 0 Å². The fourth-order valence-corrected chi connectivity index (χ4v) is 10.7. The highest BCUT2D eigenvalue weighted by Gasteiger charge is 2.36. The number of para-hydroxylation sites is 1. The van der Waals surface area contributed by atoms with Gasteiger partial charge in [0.1, 0.15) is 0 Å². The number of thiophene rings is 1. The zero-order chi connectivity index (χ0) is 41.2. The van der Waals surface area contributed by atoms with E-state index in [0.29, 0.717) is 0 Å². The number of anilines is 2. The Labute approximate surface area is 367 Å². The van der Waals surface area contributed by atoms with E-state index in [-0.39, 0.29) is 12.0 Å². The molecule has 1 aliphatic rings. The molecule has 2 atom stereocenters. The molecule has 1 nitrogen and oxygen atoms in total. The molecule has 0 radical (unpaired) electrons. The standard InChI is InChI=1S/C60H43NS/c1-4-18-42(19-5-1)43-34-36-44(37-35-43)45-38-40-48(41-39-45)61(56-31-14-12-25-51(56)54-29-16-30-55-52-26-13-15-33-58(52)62-60(54)55)57-32-17-28-50(47-22-8-3-9-23-47)59(57)53-27-11-10-24-49(53)46-20-6-2-7-21-46/h1-41,57,59H. The normalized spacial score (nSPS) is 14.8. The average molecular weight is 810 g/mol. The van der Waals surface area contributed by atoms with Gasteiger partial charge >= 0.3 is 0 Å². The van der Waals surface area contributed by atoms with Crippen LogP contribution in [0.25, 0.3) is 70.3 Å². The summed E-state index contributed by atoms with van der Waals surface area (Å²) in [5.74, 6) is -0.0165. The summed E-state index contributed by atoms with van der Waals surface area (Å²) in [5.41, 5.74) is 15.9. The molecule has 2 heteroatoms. The summed E-state index contributed by atoms with van der Waals surface area (Å²) in [5, 5.41) is 2.61. The van der Waals surface area contributed by atoms with E-state index in [9.17, 15) is 0 Å². The summed E-state index contributed by atoms with van der Waals surface area (Å²) in [6, 6.07) is 84.2. The Morgan fingerprint density at radius 3 is 1.60 bits per heavy atom. The molecule has 0 spiro atoms. The molecule has 1 aliphatic carbocycles. The third-order valence-corrected chi connectivity index (χ3v) is 13.6. The average Bonchev–Trinajstić information content (AvgIpc) is 3.75. The highest BCUT2D eigenvalue weighted by atomic mass is 32.1. The predicted octanol–water partition coefficient (Wildman–Crippen LogP) is 16.7. The van der Waals surface area contributed by atoms with Crippen molar-refractivity contribution in [3.63, 3.8) is 0 Å². The van der Waals surface area contributed by atoms with E-state index in [2.05, 4.69) is 254 Å². The van der Waals surface area contributed by atoms with Crippen LogP contribution in [0.1, 0.15) is 17.0 Å². The molecule has 62 heavy (non-hydrogen) atoms. The summed E-state index contributed by atoms with van der Waals surface area (Å²) >= 11 is 1.89. The van der Waals surface area contributed by atoms with Crippen molar-refractivity contribution in [2.24, 2.45) is 0 Å². The third-order valence-electron chi connectivity index (χ3n) is 12.4. The van der Waals surface area contributed by atoms with Crippen molar-refractivity contribution in [2.75, 3.05) is 4.90 Å². The van der Waals surface area contributed by atoms with E-state index < -0.39 is 0 Å². The molecule has 0 saturated heterocycles. The number of hydrogen-bond acceptors (Lipinski definition) is 2. The smallest absolute Gasteiger partial charge is 0.0635 e. The van der Waals surface area contributed by atoms with Gasteiger partial charge in [-0.05, 0) is 74.3 Å². The highest BCUT2D eigenvalue weighted by Crippen LogP contribution is 2.50. The van der Waals surface area contributed by atoms with E-state index >= 15 is 0 Å². The van der Waals surface area contributed by atoms with E-state index in [4.69, 9.17) is 0 Å². The van der Waals surface area contributed by atoms with Crippen molar-refractivity contribution in [1.29, 1.82) is 0 Å². The van der Waals surface area contributed by atoms with Crippen LogP contribution >= 0.6 is 11.3 Å². The second kappa shape index (κ2) is 16.5. The second-order valence-corrected chi connectivity index (χ2v) is 17.0. The van der Waals surface area contributed by atoms with E-state index in [1.807, 2.05) is 11.3 Å². The van der Waals surface area contributed by atoms with Crippen LogP contribution in [0.3, 0.4) is 0 Å². The van der Waals surface area contributed by atoms with Crippen LogP contribution in [-0.4, -0.2) is 6.04 Å². The van der Waals surface area contributed by atoms with Crippen molar-refractivity contribution in [2.45, 2.75) is 12.0 Å². The van der Waals surface area contributed by atoms with Gasteiger partial charge in [-0.15, -0.1) is 11.3 Å². The van der Waals surface area contributed by atoms with Crippen LogP contribution in [0.2, 0.25) is 0 Å². The zero-order valence-electron chi connectivity index (χ0n) is 34.2. The molecule has 0 N–H and O–H groups in total. The number of allylic oxidation sites excluding steroid dienone is 2. The molecular formula is C60H43NS. The Bertz CT molecular complexity index is 3220. The molecule has 0 bridgehead atoms. The number of nitrogens with zero attached hydrogens (tertiary/aromatic N) is 1. The van der Waals surface area contributed by atoms with Crippen LogP contribution < -0.4 is 4.90 Å². The van der Waals surface area contributed by atoms with Gasteiger partial charge in [0.15, 0.2) is 0 Å². The molecular weight excluding hydrogens is 767 g/mol. The summed E-state index contributed by atoms with van der Waals surface area (Å²) in [6.07, 6.45) is 7.04. The maximum Gasteiger partial charge on any atom is 0.0635 e. The Morgan fingerprint density at radius 2 is 0.887 bits per heavy atom. The molecule has 11 rings (SSSR count). The first kappa shape index (κ1) is 37.5. The van der Waals surface area contributed by atoms with Crippen LogP contribution in [0.15, 0.2) is 249 Å².